The lowest BCUT2D eigenvalue weighted by atomic mass is 10.1. The van der Waals surface area contributed by atoms with Crippen LogP contribution >= 0.6 is 22.7 Å². The number of thiophene rings is 2. The fourth-order valence-corrected chi connectivity index (χ4v) is 3.68. The van der Waals surface area contributed by atoms with E-state index in [1.807, 2.05) is 11.4 Å². The number of carbonyl (C=O) groups is 1. The molecule has 0 amide bonds. The average molecular weight is 290 g/mol. The van der Waals surface area contributed by atoms with E-state index in [1.54, 1.807) is 23.5 Å². The highest BCUT2D eigenvalue weighted by atomic mass is 32.1. The van der Waals surface area contributed by atoms with E-state index < -0.39 is 0 Å². The van der Waals surface area contributed by atoms with Crippen LogP contribution in [0.25, 0.3) is 10.1 Å². The average Bonchev–Trinajstić information content (AvgIpc) is 3.04. The third kappa shape index (κ3) is 2.74. The van der Waals surface area contributed by atoms with Crippen molar-refractivity contribution in [1.29, 1.82) is 0 Å². The standard InChI is InChI=1S/C15H11FOS2/c16-12-2-4-14-11(7-12)8-15(19-14)13(17)3-1-10-5-6-18-9-10/h2,4-9H,1,3H2. The SMILES string of the molecule is O=C(CCc1ccsc1)c1cc2cc(F)ccc2s1. The number of halogens is 1. The third-order valence-electron chi connectivity index (χ3n) is 2.97. The minimum Gasteiger partial charge on any atom is -0.293 e. The van der Waals surface area contributed by atoms with Crippen molar-refractivity contribution in [2.45, 2.75) is 12.8 Å². The Labute approximate surface area is 118 Å². The summed E-state index contributed by atoms with van der Waals surface area (Å²) >= 11 is 3.08. The molecule has 19 heavy (non-hydrogen) atoms. The van der Waals surface area contributed by atoms with E-state index in [-0.39, 0.29) is 11.6 Å². The van der Waals surface area contributed by atoms with E-state index in [1.165, 1.54) is 29.0 Å². The largest absolute Gasteiger partial charge is 0.293 e. The zero-order valence-corrected chi connectivity index (χ0v) is 11.7. The maximum atomic E-state index is 13.1. The topological polar surface area (TPSA) is 17.1 Å². The number of rotatable bonds is 4. The van der Waals surface area contributed by atoms with Crippen LogP contribution in [0.15, 0.2) is 41.1 Å². The Morgan fingerprint density at radius 3 is 2.89 bits per heavy atom. The number of benzene rings is 1. The second-order valence-electron chi connectivity index (χ2n) is 4.35. The Morgan fingerprint density at radius 1 is 1.21 bits per heavy atom. The molecule has 0 radical (unpaired) electrons. The van der Waals surface area contributed by atoms with Gasteiger partial charge in [-0.2, -0.15) is 11.3 Å². The number of ketones is 1. The summed E-state index contributed by atoms with van der Waals surface area (Å²) in [6, 6.07) is 8.46. The second-order valence-corrected chi connectivity index (χ2v) is 6.21. The lowest BCUT2D eigenvalue weighted by Crippen LogP contribution is -1.97. The van der Waals surface area contributed by atoms with Crippen molar-refractivity contribution in [3.8, 4) is 0 Å². The van der Waals surface area contributed by atoms with E-state index in [2.05, 4.69) is 5.38 Å². The molecule has 0 N–H and O–H groups in total. The Morgan fingerprint density at radius 2 is 2.11 bits per heavy atom. The number of fused-ring (bicyclic) bond motifs is 1. The molecule has 3 aromatic rings. The van der Waals surface area contributed by atoms with Crippen LogP contribution in [0.2, 0.25) is 0 Å². The van der Waals surface area contributed by atoms with Gasteiger partial charge in [-0.3, -0.25) is 4.79 Å². The van der Waals surface area contributed by atoms with E-state index in [0.717, 1.165) is 21.4 Å². The molecule has 96 valence electrons. The lowest BCUT2D eigenvalue weighted by molar-refractivity contribution is 0.0987. The van der Waals surface area contributed by atoms with Crippen molar-refractivity contribution in [1.82, 2.24) is 0 Å². The zero-order valence-electron chi connectivity index (χ0n) is 10.1. The molecule has 0 unspecified atom stereocenters. The Kier molecular flexibility index (Phi) is 3.44. The number of aryl methyl sites for hydroxylation is 1. The Hall–Kier alpha value is -1.52. The molecule has 2 aromatic heterocycles. The van der Waals surface area contributed by atoms with Crippen LogP contribution in [0.3, 0.4) is 0 Å². The summed E-state index contributed by atoms with van der Waals surface area (Å²) in [6.07, 6.45) is 1.27. The molecular formula is C15H11FOS2. The molecule has 2 heterocycles. The van der Waals surface area contributed by atoms with Crippen molar-refractivity contribution in [3.63, 3.8) is 0 Å². The molecule has 1 nitrogen and oxygen atoms in total. The summed E-state index contributed by atoms with van der Waals surface area (Å²) in [6.45, 7) is 0. The molecule has 0 atom stereocenters. The molecule has 0 aliphatic heterocycles. The predicted octanol–water partition coefficient (Wildman–Crippen LogP) is 4.92. The first kappa shape index (κ1) is 12.5. The van der Waals surface area contributed by atoms with Crippen molar-refractivity contribution >= 4 is 38.5 Å². The van der Waals surface area contributed by atoms with E-state index >= 15 is 0 Å². The van der Waals surface area contributed by atoms with E-state index in [9.17, 15) is 9.18 Å². The van der Waals surface area contributed by atoms with E-state index in [0.29, 0.717) is 6.42 Å². The predicted molar refractivity (Wildman–Crippen MR) is 78.8 cm³/mol. The summed E-state index contributed by atoms with van der Waals surface area (Å²) in [5.41, 5.74) is 1.20. The van der Waals surface area contributed by atoms with Gasteiger partial charge in [0.1, 0.15) is 5.82 Å². The molecule has 0 aliphatic rings. The molecular weight excluding hydrogens is 279 g/mol. The minimum atomic E-state index is -0.262. The van der Waals surface area contributed by atoms with Crippen molar-refractivity contribution < 1.29 is 9.18 Å². The lowest BCUT2D eigenvalue weighted by Gasteiger charge is -1.95. The van der Waals surface area contributed by atoms with E-state index in [4.69, 9.17) is 0 Å². The van der Waals surface area contributed by atoms with Gasteiger partial charge in [0.25, 0.3) is 0 Å². The molecule has 0 saturated heterocycles. The summed E-state index contributed by atoms with van der Waals surface area (Å²) in [4.78, 5) is 12.8. The highest BCUT2D eigenvalue weighted by Gasteiger charge is 2.11. The van der Waals surface area contributed by atoms with Gasteiger partial charge in [0, 0.05) is 11.1 Å². The van der Waals surface area contributed by atoms with Crippen LogP contribution in [0, 0.1) is 5.82 Å². The van der Waals surface area contributed by atoms with Gasteiger partial charge in [-0.15, -0.1) is 11.3 Å². The van der Waals surface area contributed by atoms with Crippen molar-refractivity contribution in [2.24, 2.45) is 0 Å². The fourth-order valence-electron chi connectivity index (χ4n) is 1.97. The van der Waals surface area contributed by atoms with Gasteiger partial charge in [-0.1, -0.05) is 0 Å². The highest BCUT2D eigenvalue weighted by Crippen LogP contribution is 2.27. The number of hydrogen-bond acceptors (Lipinski definition) is 3. The summed E-state index contributed by atoms with van der Waals surface area (Å²) in [5, 5.41) is 4.89. The van der Waals surface area contributed by atoms with Crippen molar-refractivity contribution in [3.05, 3.63) is 57.3 Å². The van der Waals surface area contributed by atoms with Crippen LogP contribution in [0.4, 0.5) is 4.39 Å². The number of hydrogen-bond donors (Lipinski definition) is 0. The molecule has 0 fully saturated rings. The Balaban J connectivity index is 1.77. The normalized spacial score (nSPS) is 11.0. The van der Waals surface area contributed by atoms with Crippen LogP contribution in [0.5, 0.6) is 0 Å². The molecule has 0 bridgehead atoms. The molecule has 0 aliphatic carbocycles. The molecule has 4 heteroatoms. The summed E-state index contributed by atoms with van der Waals surface area (Å²) < 4.78 is 14.1. The summed E-state index contributed by atoms with van der Waals surface area (Å²) in [5.74, 6) is -0.129. The van der Waals surface area contributed by atoms with Gasteiger partial charge < -0.3 is 0 Å². The fraction of sp³-hybridized carbons (Fsp3) is 0.133. The van der Waals surface area contributed by atoms with Gasteiger partial charge in [-0.05, 0) is 58.5 Å². The van der Waals surface area contributed by atoms with Gasteiger partial charge >= 0.3 is 0 Å². The van der Waals surface area contributed by atoms with Crippen LogP contribution < -0.4 is 0 Å². The van der Waals surface area contributed by atoms with Gasteiger partial charge in [-0.25, -0.2) is 4.39 Å². The van der Waals surface area contributed by atoms with Crippen LogP contribution in [-0.4, -0.2) is 5.78 Å². The number of carbonyl (C=O) groups excluding carboxylic acids is 1. The van der Waals surface area contributed by atoms with Gasteiger partial charge in [0.15, 0.2) is 5.78 Å². The first-order valence-corrected chi connectivity index (χ1v) is 7.72. The molecule has 3 rings (SSSR count). The monoisotopic (exact) mass is 290 g/mol. The minimum absolute atomic E-state index is 0.132. The molecule has 0 spiro atoms. The number of Topliss-reactive ketones (excluding diaryl/α,β-unsaturated/α-hetero) is 1. The maximum absolute atomic E-state index is 13.1. The first-order chi connectivity index (χ1) is 9.22. The van der Waals surface area contributed by atoms with Crippen LogP contribution in [-0.2, 0) is 6.42 Å². The first-order valence-electron chi connectivity index (χ1n) is 5.96. The zero-order chi connectivity index (χ0) is 13.2. The molecule has 0 saturated carbocycles. The van der Waals surface area contributed by atoms with Crippen molar-refractivity contribution in [2.75, 3.05) is 0 Å². The second kappa shape index (κ2) is 5.23. The summed E-state index contributed by atoms with van der Waals surface area (Å²) in [7, 11) is 0. The quantitative estimate of drug-likeness (QED) is 0.623. The third-order valence-corrected chi connectivity index (χ3v) is 4.86. The maximum Gasteiger partial charge on any atom is 0.173 e. The Bertz CT molecular complexity index is 713. The smallest absolute Gasteiger partial charge is 0.173 e. The van der Waals surface area contributed by atoms with Gasteiger partial charge in [0.05, 0.1) is 4.88 Å². The van der Waals surface area contributed by atoms with Crippen LogP contribution in [0.1, 0.15) is 21.7 Å². The highest BCUT2D eigenvalue weighted by molar-refractivity contribution is 7.20. The van der Waals surface area contributed by atoms with Gasteiger partial charge in [0.2, 0.25) is 0 Å². The molecule has 1 aromatic carbocycles.